The minimum Gasteiger partial charge on any atom is -0.346 e. The first-order valence-corrected chi connectivity index (χ1v) is 4.41. The Hall–Kier alpha value is -0.860. The van der Waals surface area contributed by atoms with E-state index in [0.717, 1.165) is 19.1 Å². The van der Waals surface area contributed by atoms with Crippen molar-refractivity contribution >= 4 is 12.2 Å². The predicted molar refractivity (Wildman–Crippen MR) is 45.6 cm³/mol. The van der Waals surface area contributed by atoms with Gasteiger partial charge in [-0.05, 0) is 18.8 Å². The zero-order valence-electron chi connectivity index (χ0n) is 7.54. The van der Waals surface area contributed by atoms with Crippen molar-refractivity contribution in [2.24, 2.45) is 11.8 Å². The SMILES string of the molecule is CC(C)C(C=O)NC(=O)C1CC1. The van der Waals surface area contributed by atoms with Crippen molar-refractivity contribution in [3.8, 4) is 0 Å². The van der Waals surface area contributed by atoms with Gasteiger partial charge in [-0.25, -0.2) is 0 Å². The molecule has 0 bridgehead atoms. The molecule has 0 aromatic rings. The maximum atomic E-state index is 11.2. The molecule has 1 rings (SSSR count). The van der Waals surface area contributed by atoms with Crippen LogP contribution < -0.4 is 5.32 Å². The van der Waals surface area contributed by atoms with E-state index in [0.29, 0.717) is 0 Å². The second kappa shape index (κ2) is 3.70. The summed E-state index contributed by atoms with van der Waals surface area (Å²) in [5, 5.41) is 2.72. The van der Waals surface area contributed by atoms with Gasteiger partial charge in [0.15, 0.2) is 0 Å². The number of carbonyl (C=O) groups excluding carboxylic acids is 2. The average molecular weight is 169 g/mol. The van der Waals surface area contributed by atoms with Gasteiger partial charge in [-0.15, -0.1) is 0 Å². The predicted octanol–water partition coefficient (Wildman–Crippen LogP) is 0.736. The Morgan fingerprint density at radius 3 is 2.42 bits per heavy atom. The van der Waals surface area contributed by atoms with E-state index in [1.165, 1.54) is 0 Å². The number of hydrogen-bond donors (Lipinski definition) is 1. The average Bonchev–Trinajstić information content (AvgIpc) is 2.80. The molecular weight excluding hydrogens is 154 g/mol. The summed E-state index contributed by atoms with van der Waals surface area (Å²) in [6, 6.07) is -0.307. The van der Waals surface area contributed by atoms with Crippen LogP contribution in [0, 0.1) is 11.8 Å². The topological polar surface area (TPSA) is 46.2 Å². The summed E-state index contributed by atoms with van der Waals surface area (Å²) < 4.78 is 0. The number of hydrogen-bond acceptors (Lipinski definition) is 2. The van der Waals surface area contributed by atoms with Crippen LogP contribution in [-0.4, -0.2) is 18.2 Å². The highest BCUT2D eigenvalue weighted by molar-refractivity contribution is 5.83. The van der Waals surface area contributed by atoms with Crippen LogP contribution in [0.5, 0.6) is 0 Å². The standard InChI is InChI=1S/C9H15NO2/c1-6(2)8(5-11)10-9(12)7-3-4-7/h5-8H,3-4H2,1-2H3,(H,10,12). The molecule has 12 heavy (non-hydrogen) atoms. The van der Waals surface area contributed by atoms with E-state index in [4.69, 9.17) is 0 Å². The third-order valence-corrected chi connectivity index (χ3v) is 2.12. The van der Waals surface area contributed by atoms with Crippen LogP contribution in [0.3, 0.4) is 0 Å². The third-order valence-electron chi connectivity index (χ3n) is 2.12. The van der Waals surface area contributed by atoms with Gasteiger partial charge in [-0.3, -0.25) is 4.79 Å². The molecule has 1 fully saturated rings. The largest absolute Gasteiger partial charge is 0.346 e. The molecule has 1 saturated carbocycles. The van der Waals surface area contributed by atoms with Gasteiger partial charge in [0.2, 0.25) is 5.91 Å². The van der Waals surface area contributed by atoms with Crippen LogP contribution in [0.2, 0.25) is 0 Å². The monoisotopic (exact) mass is 169 g/mol. The molecule has 1 amide bonds. The minimum atomic E-state index is -0.307. The summed E-state index contributed by atoms with van der Waals surface area (Å²) in [7, 11) is 0. The molecule has 1 aliphatic rings. The molecule has 1 aliphatic carbocycles. The van der Waals surface area contributed by atoms with Crippen LogP contribution in [0.25, 0.3) is 0 Å². The van der Waals surface area contributed by atoms with Gasteiger partial charge in [0.05, 0.1) is 6.04 Å². The molecule has 68 valence electrons. The quantitative estimate of drug-likeness (QED) is 0.631. The fourth-order valence-corrected chi connectivity index (χ4v) is 0.985. The van der Waals surface area contributed by atoms with Gasteiger partial charge >= 0.3 is 0 Å². The molecule has 0 heterocycles. The molecule has 1 unspecified atom stereocenters. The smallest absolute Gasteiger partial charge is 0.223 e. The Kier molecular flexibility index (Phi) is 2.84. The van der Waals surface area contributed by atoms with Crippen molar-refractivity contribution in [2.45, 2.75) is 32.7 Å². The van der Waals surface area contributed by atoms with Gasteiger partial charge < -0.3 is 10.1 Å². The zero-order valence-corrected chi connectivity index (χ0v) is 7.54. The summed E-state index contributed by atoms with van der Waals surface area (Å²) in [4.78, 5) is 21.7. The van der Waals surface area contributed by atoms with Crippen LogP contribution in [0.15, 0.2) is 0 Å². The van der Waals surface area contributed by atoms with E-state index < -0.39 is 0 Å². The fourth-order valence-electron chi connectivity index (χ4n) is 0.985. The van der Waals surface area contributed by atoms with Gasteiger partial charge in [0, 0.05) is 5.92 Å². The molecule has 1 atom stereocenters. The second-order valence-corrected chi connectivity index (χ2v) is 3.69. The van der Waals surface area contributed by atoms with Crippen LogP contribution in [0.1, 0.15) is 26.7 Å². The molecule has 1 N–H and O–H groups in total. The molecule has 0 radical (unpaired) electrons. The first kappa shape index (κ1) is 9.23. The molecule has 0 aromatic carbocycles. The van der Waals surface area contributed by atoms with E-state index in [2.05, 4.69) is 5.32 Å². The third kappa shape index (κ3) is 2.32. The highest BCUT2D eigenvalue weighted by Crippen LogP contribution is 2.28. The Balaban J connectivity index is 2.35. The van der Waals surface area contributed by atoms with Crippen molar-refractivity contribution in [3.05, 3.63) is 0 Å². The van der Waals surface area contributed by atoms with Crippen LogP contribution in [0.4, 0.5) is 0 Å². The van der Waals surface area contributed by atoms with Gasteiger partial charge in [-0.2, -0.15) is 0 Å². The van der Waals surface area contributed by atoms with E-state index in [1.54, 1.807) is 0 Å². The summed E-state index contributed by atoms with van der Waals surface area (Å²) in [6.07, 6.45) is 2.77. The molecule has 0 spiro atoms. The fraction of sp³-hybridized carbons (Fsp3) is 0.778. The Bertz CT molecular complexity index is 185. The lowest BCUT2D eigenvalue weighted by Gasteiger charge is -2.15. The lowest BCUT2D eigenvalue weighted by atomic mass is 10.1. The normalized spacial score (nSPS) is 18.9. The van der Waals surface area contributed by atoms with E-state index in [1.807, 2.05) is 13.8 Å². The van der Waals surface area contributed by atoms with Gasteiger partial charge in [-0.1, -0.05) is 13.8 Å². The number of carbonyl (C=O) groups is 2. The highest BCUT2D eigenvalue weighted by Gasteiger charge is 2.31. The van der Waals surface area contributed by atoms with Crippen molar-refractivity contribution in [2.75, 3.05) is 0 Å². The number of aldehydes is 1. The maximum absolute atomic E-state index is 11.2. The summed E-state index contributed by atoms with van der Waals surface area (Å²) >= 11 is 0. The van der Waals surface area contributed by atoms with E-state index in [-0.39, 0.29) is 23.8 Å². The minimum absolute atomic E-state index is 0.0424. The van der Waals surface area contributed by atoms with Crippen molar-refractivity contribution in [3.63, 3.8) is 0 Å². The highest BCUT2D eigenvalue weighted by atomic mass is 16.2. The molecule has 0 saturated heterocycles. The van der Waals surface area contributed by atoms with E-state index >= 15 is 0 Å². The van der Waals surface area contributed by atoms with Crippen molar-refractivity contribution < 1.29 is 9.59 Å². The Labute approximate surface area is 72.5 Å². The number of amides is 1. The lowest BCUT2D eigenvalue weighted by Crippen LogP contribution is -2.40. The molecule has 0 aliphatic heterocycles. The second-order valence-electron chi connectivity index (χ2n) is 3.69. The summed E-state index contributed by atoms with van der Waals surface area (Å²) in [6.45, 7) is 3.85. The summed E-state index contributed by atoms with van der Waals surface area (Å²) in [5.41, 5.74) is 0. The molecule has 3 heteroatoms. The van der Waals surface area contributed by atoms with Crippen LogP contribution in [-0.2, 0) is 9.59 Å². The van der Waals surface area contributed by atoms with E-state index in [9.17, 15) is 9.59 Å². The lowest BCUT2D eigenvalue weighted by molar-refractivity contribution is -0.125. The Morgan fingerprint density at radius 2 is 2.08 bits per heavy atom. The molecule has 0 aromatic heterocycles. The van der Waals surface area contributed by atoms with Crippen LogP contribution >= 0.6 is 0 Å². The first-order chi connectivity index (χ1) is 5.65. The number of rotatable bonds is 4. The maximum Gasteiger partial charge on any atom is 0.223 e. The van der Waals surface area contributed by atoms with Crippen molar-refractivity contribution in [1.29, 1.82) is 0 Å². The molecular formula is C9H15NO2. The van der Waals surface area contributed by atoms with Crippen molar-refractivity contribution in [1.82, 2.24) is 5.32 Å². The number of nitrogens with one attached hydrogen (secondary N) is 1. The molecule has 3 nitrogen and oxygen atoms in total. The van der Waals surface area contributed by atoms with Gasteiger partial charge in [0.1, 0.15) is 6.29 Å². The summed E-state index contributed by atoms with van der Waals surface area (Å²) in [5.74, 6) is 0.414. The Morgan fingerprint density at radius 1 is 1.50 bits per heavy atom. The zero-order chi connectivity index (χ0) is 9.14. The first-order valence-electron chi connectivity index (χ1n) is 4.41. The van der Waals surface area contributed by atoms with Gasteiger partial charge in [0.25, 0.3) is 0 Å².